The lowest BCUT2D eigenvalue weighted by Crippen LogP contribution is -2.61. The van der Waals surface area contributed by atoms with Crippen molar-refractivity contribution in [2.24, 2.45) is 5.41 Å². The Bertz CT molecular complexity index is 4050. The summed E-state index contributed by atoms with van der Waals surface area (Å²) in [6.07, 6.45) is 6.29. The van der Waals surface area contributed by atoms with Gasteiger partial charge in [0.15, 0.2) is 0 Å². The molecule has 9 aromatic carbocycles. The average Bonchev–Trinajstić information content (AvgIpc) is 2.65. The number of anilines is 9. The minimum atomic E-state index is -0.605. The van der Waals surface area contributed by atoms with Crippen LogP contribution < -0.4 is 35.8 Å². The maximum absolute atomic E-state index is 8.02. The van der Waals surface area contributed by atoms with Crippen LogP contribution in [-0.2, 0) is 34.7 Å². The van der Waals surface area contributed by atoms with E-state index < -0.39 is 11.0 Å². The second-order valence-electron chi connectivity index (χ2n) is 26.7. The first-order chi connectivity index (χ1) is 39.1. The monoisotopic (exact) mass is 1070 g/mol. The molecular formula is C75H70BN3OS. The van der Waals surface area contributed by atoms with Gasteiger partial charge in [-0.3, -0.25) is 0 Å². The van der Waals surface area contributed by atoms with Gasteiger partial charge in [0.2, 0.25) is 0 Å². The Morgan fingerprint density at radius 1 is 0.506 bits per heavy atom. The Morgan fingerprint density at radius 2 is 1.02 bits per heavy atom. The van der Waals surface area contributed by atoms with E-state index >= 15 is 0 Å². The van der Waals surface area contributed by atoms with Crippen LogP contribution in [0.3, 0.4) is 0 Å². The molecule has 81 heavy (non-hydrogen) atoms. The standard InChI is InChI=1S/C75H70BN3OS/c1-71(2,3)51-31-35-57(36-32-51)78-63-45-61-66(80-75(54-25-15-10-16-26-54)40-22-21-39-74(61,75)53-23-13-9-14-24-53)46-62(63)76-68-60-41-49-47-73(7,8)48-50(49)42-67(60)81-70(68)79(58-37-33-52(34-38-58)72(4,5)6)65-44-59(43-64(78)69(65)76)77(55-27-17-11-18-28-55)56-29-19-12-20-30-56/h9-20,23-38,41-46H,21-22,39-40,47-48H2,1-8H3. The molecule has 4 nitrogen and oxygen atoms in total. The molecule has 2 atom stereocenters. The predicted molar refractivity (Wildman–Crippen MR) is 344 cm³/mol. The molecule has 0 radical (unpaired) electrons. The van der Waals surface area contributed by atoms with Gasteiger partial charge in [0.1, 0.15) is 11.4 Å². The van der Waals surface area contributed by atoms with Crippen molar-refractivity contribution < 1.29 is 4.74 Å². The van der Waals surface area contributed by atoms with Gasteiger partial charge in [-0.2, -0.15) is 0 Å². The molecule has 5 aliphatic rings. The maximum Gasteiger partial charge on any atom is 0.254 e. The van der Waals surface area contributed by atoms with Crippen molar-refractivity contribution in [1.29, 1.82) is 0 Å². The van der Waals surface area contributed by atoms with Crippen LogP contribution in [0.25, 0.3) is 10.1 Å². The average molecular weight is 1070 g/mol. The van der Waals surface area contributed by atoms with Gasteiger partial charge in [-0.1, -0.05) is 189 Å². The zero-order valence-electron chi connectivity index (χ0n) is 48.1. The van der Waals surface area contributed by atoms with Gasteiger partial charge in [-0.25, -0.2) is 0 Å². The summed E-state index contributed by atoms with van der Waals surface area (Å²) in [6, 6.07) is 79.0. The summed E-state index contributed by atoms with van der Waals surface area (Å²) in [5.41, 5.74) is 21.8. The highest BCUT2D eigenvalue weighted by Gasteiger charge is 2.63. The highest BCUT2D eigenvalue weighted by atomic mass is 32.1. The summed E-state index contributed by atoms with van der Waals surface area (Å²) in [7, 11) is 0. The van der Waals surface area contributed by atoms with Crippen molar-refractivity contribution >= 4 is 95.0 Å². The molecule has 400 valence electrons. The molecule has 6 heteroatoms. The second kappa shape index (κ2) is 18.1. The number of para-hydroxylation sites is 2. The number of nitrogens with zero attached hydrogens (tertiary/aromatic N) is 3. The topological polar surface area (TPSA) is 19.0 Å². The van der Waals surface area contributed by atoms with Gasteiger partial charge in [0.25, 0.3) is 6.71 Å². The van der Waals surface area contributed by atoms with Crippen molar-refractivity contribution in [2.75, 3.05) is 14.7 Å². The summed E-state index contributed by atoms with van der Waals surface area (Å²) in [5.74, 6) is 1.01. The highest BCUT2D eigenvalue weighted by molar-refractivity contribution is 7.26. The first-order valence-electron chi connectivity index (χ1n) is 29.6. The Balaban J connectivity index is 1.09. The van der Waals surface area contributed by atoms with Crippen LogP contribution in [0.1, 0.15) is 120 Å². The summed E-state index contributed by atoms with van der Waals surface area (Å²) >= 11 is 1.98. The van der Waals surface area contributed by atoms with Crippen molar-refractivity contribution in [3.8, 4) is 5.75 Å². The van der Waals surface area contributed by atoms with Crippen molar-refractivity contribution in [3.63, 3.8) is 0 Å². The van der Waals surface area contributed by atoms with E-state index in [0.717, 1.165) is 72.7 Å². The Kier molecular flexibility index (Phi) is 11.2. The third kappa shape index (κ3) is 7.68. The largest absolute Gasteiger partial charge is 0.481 e. The van der Waals surface area contributed by atoms with E-state index in [1.54, 1.807) is 0 Å². The molecule has 2 unspecified atom stereocenters. The van der Waals surface area contributed by atoms with Crippen LogP contribution in [0.5, 0.6) is 5.75 Å². The van der Waals surface area contributed by atoms with Crippen molar-refractivity contribution in [1.82, 2.24) is 0 Å². The van der Waals surface area contributed by atoms with Crippen LogP contribution in [0, 0.1) is 5.41 Å². The highest BCUT2D eigenvalue weighted by Crippen LogP contribution is 2.65. The lowest BCUT2D eigenvalue weighted by molar-refractivity contribution is -0.00489. The Labute approximate surface area is 483 Å². The SMILES string of the molecule is CC1(C)Cc2cc3sc4c(c3cc2C1)B1c2cc3c(cc2N(c2ccc(C(C)(C)C)cc2)c2cc(N(c5ccccc5)c5ccccc5)cc(c21)N4c1ccc(C(C)(C)C)cc1)C1(c2ccccc2)CCCCC1(c1ccccc1)O3. The number of hydrogen-bond acceptors (Lipinski definition) is 5. The van der Waals surface area contributed by atoms with Gasteiger partial charge >= 0.3 is 0 Å². The normalized spacial score (nSPS) is 19.3. The zero-order chi connectivity index (χ0) is 55.2. The zero-order valence-corrected chi connectivity index (χ0v) is 48.9. The molecule has 0 bridgehead atoms. The minimum Gasteiger partial charge on any atom is -0.481 e. The summed E-state index contributed by atoms with van der Waals surface area (Å²) in [6.45, 7) is 18.7. The van der Waals surface area contributed by atoms with E-state index in [-0.39, 0.29) is 23.0 Å². The summed E-state index contributed by atoms with van der Waals surface area (Å²) < 4.78 is 9.37. The third-order valence-electron chi connectivity index (χ3n) is 19.0. The van der Waals surface area contributed by atoms with E-state index in [4.69, 9.17) is 4.74 Å². The van der Waals surface area contributed by atoms with Gasteiger partial charge < -0.3 is 19.4 Å². The molecule has 15 rings (SSSR count). The third-order valence-corrected chi connectivity index (χ3v) is 20.1. The minimum absolute atomic E-state index is 0.00163. The van der Waals surface area contributed by atoms with E-state index in [0.29, 0.717) is 0 Å². The van der Waals surface area contributed by atoms with E-state index in [9.17, 15) is 0 Å². The van der Waals surface area contributed by atoms with E-state index in [2.05, 4.69) is 276 Å². The number of rotatable bonds is 7. The molecule has 2 aliphatic carbocycles. The predicted octanol–water partition coefficient (Wildman–Crippen LogP) is 18.3. The quantitative estimate of drug-likeness (QED) is 0.148. The van der Waals surface area contributed by atoms with E-state index in [1.807, 2.05) is 11.3 Å². The fourth-order valence-corrected chi connectivity index (χ4v) is 16.6. The second-order valence-corrected chi connectivity index (χ2v) is 27.8. The number of fused-ring (bicyclic) bond motifs is 10. The molecule has 0 N–H and O–H groups in total. The lowest BCUT2D eigenvalue weighted by Gasteiger charge is -2.49. The molecule has 3 aliphatic heterocycles. The van der Waals surface area contributed by atoms with Crippen LogP contribution in [0.2, 0.25) is 0 Å². The molecule has 0 spiro atoms. The molecular weight excluding hydrogens is 1000 g/mol. The first-order valence-corrected chi connectivity index (χ1v) is 30.4. The van der Waals surface area contributed by atoms with Crippen LogP contribution in [-0.4, -0.2) is 6.71 Å². The van der Waals surface area contributed by atoms with Gasteiger partial charge in [-0.05, 0) is 182 Å². The van der Waals surface area contributed by atoms with E-state index in [1.165, 1.54) is 87.5 Å². The van der Waals surface area contributed by atoms with Crippen LogP contribution in [0.15, 0.2) is 206 Å². The number of thiophene rings is 1. The lowest BCUT2D eigenvalue weighted by atomic mass is 9.33. The summed E-state index contributed by atoms with van der Waals surface area (Å²) in [4.78, 5) is 7.76. The number of ether oxygens (including phenoxy) is 1. The number of hydrogen-bond donors (Lipinski definition) is 0. The Hall–Kier alpha value is -7.80. The van der Waals surface area contributed by atoms with Crippen molar-refractivity contribution in [3.05, 3.63) is 245 Å². The van der Waals surface area contributed by atoms with Crippen LogP contribution in [0.4, 0.5) is 50.5 Å². The smallest absolute Gasteiger partial charge is 0.254 e. The molecule has 4 heterocycles. The fraction of sp³-hybridized carbons (Fsp3) is 0.253. The molecule has 0 amide bonds. The first kappa shape index (κ1) is 50.2. The maximum atomic E-state index is 8.02. The van der Waals surface area contributed by atoms with Gasteiger partial charge in [-0.15, -0.1) is 11.3 Å². The van der Waals surface area contributed by atoms with Crippen molar-refractivity contribution in [2.45, 2.75) is 116 Å². The molecule has 1 saturated carbocycles. The van der Waals surface area contributed by atoms with Gasteiger partial charge in [0.05, 0.1) is 16.1 Å². The molecule has 1 fully saturated rings. The van der Waals surface area contributed by atoms with Gasteiger partial charge in [0, 0.05) is 50.1 Å². The number of benzene rings is 9. The molecule has 1 aromatic heterocycles. The Morgan fingerprint density at radius 3 is 1.60 bits per heavy atom. The molecule has 0 saturated heterocycles. The molecule has 10 aromatic rings. The van der Waals surface area contributed by atoms with Crippen LogP contribution >= 0.6 is 11.3 Å². The fourth-order valence-electron chi connectivity index (χ4n) is 15.3. The summed E-state index contributed by atoms with van der Waals surface area (Å²) in [5, 5.41) is 2.66.